The Balaban J connectivity index is 2.21. The fourth-order valence-corrected chi connectivity index (χ4v) is 2.77. The number of rotatable bonds is 4. The Morgan fingerprint density at radius 1 is 1.42 bits per heavy atom. The molecule has 1 aromatic carbocycles. The Hall–Kier alpha value is -1.79. The second kappa shape index (κ2) is 5.46. The first-order valence-corrected chi connectivity index (χ1v) is 6.72. The molecule has 0 saturated heterocycles. The summed E-state index contributed by atoms with van der Waals surface area (Å²) in [5.41, 5.74) is 6.59. The molecule has 100 valence electrons. The summed E-state index contributed by atoms with van der Waals surface area (Å²) in [5, 5.41) is 13.9. The molecule has 1 aromatic heterocycles. The Labute approximate surface area is 119 Å². The number of nitrogens with two attached hydrogens (primary N) is 1. The molecular formula is C12H12ClN3O2S. The molecular weight excluding hydrogens is 286 g/mol. The van der Waals surface area contributed by atoms with Gasteiger partial charge in [-0.25, -0.2) is 0 Å². The van der Waals surface area contributed by atoms with Crippen molar-refractivity contribution in [1.29, 1.82) is 0 Å². The number of benzene rings is 1. The summed E-state index contributed by atoms with van der Waals surface area (Å²) in [6.45, 7) is 1.96. The van der Waals surface area contributed by atoms with Crippen LogP contribution in [0.1, 0.15) is 17.8 Å². The first-order chi connectivity index (χ1) is 8.95. The standard InChI is InChI=1S/C12H12ClN3O2S/c1-7(11-2-3-12(13)19-11)15-9-4-8(14)5-10(6-9)16(17)18/h2-7,15H,14H2,1H3. The highest BCUT2D eigenvalue weighted by Crippen LogP contribution is 2.30. The van der Waals surface area contributed by atoms with Crippen molar-refractivity contribution >= 4 is 40.0 Å². The summed E-state index contributed by atoms with van der Waals surface area (Å²) in [4.78, 5) is 11.4. The van der Waals surface area contributed by atoms with Crippen LogP contribution in [-0.2, 0) is 0 Å². The van der Waals surface area contributed by atoms with Gasteiger partial charge >= 0.3 is 0 Å². The number of halogens is 1. The molecule has 19 heavy (non-hydrogen) atoms. The van der Waals surface area contributed by atoms with Crippen molar-refractivity contribution in [2.75, 3.05) is 11.1 Å². The zero-order chi connectivity index (χ0) is 14.0. The number of non-ortho nitro benzene ring substituents is 1. The smallest absolute Gasteiger partial charge is 0.273 e. The summed E-state index contributed by atoms with van der Waals surface area (Å²) >= 11 is 7.35. The zero-order valence-corrected chi connectivity index (χ0v) is 11.7. The number of anilines is 2. The second-order valence-corrected chi connectivity index (χ2v) is 5.82. The molecule has 2 rings (SSSR count). The maximum absolute atomic E-state index is 10.8. The van der Waals surface area contributed by atoms with Gasteiger partial charge in [0.25, 0.3) is 5.69 Å². The summed E-state index contributed by atoms with van der Waals surface area (Å²) in [7, 11) is 0. The highest BCUT2D eigenvalue weighted by atomic mass is 35.5. The highest BCUT2D eigenvalue weighted by Gasteiger charge is 2.12. The molecule has 5 nitrogen and oxygen atoms in total. The van der Waals surface area contributed by atoms with E-state index in [0.29, 0.717) is 15.7 Å². The molecule has 1 unspecified atom stereocenters. The third-order valence-electron chi connectivity index (χ3n) is 2.55. The average Bonchev–Trinajstić information content (AvgIpc) is 2.75. The number of nitro benzene ring substituents is 1. The van der Waals surface area contributed by atoms with Gasteiger partial charge in [0.1, 0.15) is 0 Å². The van der Waals surface area contributed by atoms with Crippen LogP contribution in [0, 0.1) is 10.1 Å². The van der Waals surface area contributed by atoms with Crippen LogP contribution < -0.4 is 11.1 Å². The summed E-state index contributed by atoms with van der Waals surface area (Å²) in [6, 6.07) is 8.20. The van der Waals surface area contributed by atoms with E-state index in [1.165, 1.54) is 23.5 Å². The first-order valence-electron chi connectivity index (χ1n) is 5.52. The van der Waals surface area contributed by atoms with Gasteiger partial charge in [-0.05, 0) is 25.1 Å². The van der Waals surface area contributed by atoms with Gasteiger partial charge in [-0.15, -0.1) is 11.3 Å². The first kappa shape index (κ1) is 13.6. The third kappa shape index (κ3) is 3.36. The van der Waals surface area contributed by atoms with Gasteiger partial charge in [0.05, 0.1) is 15.3 Å². The van der Waals surface area contributed by atoms with Crippen LogP contribution >= 0.6 is 22.9 Å². The average molecular weight is 298 g/mol. The lowest BCUT2D eigenvalue weighted by Gasteiger charge is -2.14. The Morgan fingerprint density at radius 2 is 2.16 bits per heavy atom. The van der Waals surface area contributed by atoms with Gasteiger partial charge in [-0.1, -0.05) is 11.6 Å². The van der Waals surface area contributed by atoms with Crippen LogP contribution in [-0.4, -0.2) is 4.92 Å². The fourth-order valence-electron chi connectivity index (χ4n) is 1.71. The minimum Gasteiger partial charge on any atom is -0.398 e. The van der Waals surface area contributed by atoms with Gasteiger partial charge in [-0.2, -0.15) is 0 Å². The number of nitrogens with one attached hydrogen (secondary N) is 1. The molecule has 0 aliphatic rings. The zero-order valence-electron chi connectivity index (χ0n) is 10.1. The summed E-state index contributed by atoms with van der Waals surface area (Å²) < 4.78 is 0.710. The number of nitro groups is 1. The van der Waals surface area contributed by atoms with Crippen LogP contribution in [0.2, 0.25) is 4.34 Å². The Bertz CT molecular complexity index is 615. The van der Waals surface area contributed by atoms with Crippen molar-refractivity contribution in [1.82, 2.24) is 0 Å². The molecule has 0 aliphatic heterocycles. The van der Waals surface area contributed by atoms with Gasteiger partial charge in [-0.3, -0.25) is 10.1 Å². The monoisotopic (exact) mass is 297 g/mol. The topological polar surface area (TPSA) is 81.2 Å². The third-order valence-corrected chi connectivity index (χ3v) is 3.97. The molecule has 0 saturated carbocycles. The molecule has 7 heteroatoms. The van der Waals surface area contributed by atoms with Crippen LogP contribution in [0.15, 0.2) is 30.3 Å². The second-order valence-electron chi connectivity index (χ2n) is 4.08. The van der Waals surface area contributed by atoms with Crippen molar-refractivity contribution in [2.24, 2.45) is 0 Å². The number of nitrogen functional groups attached to an aromatic ring is 1. The van der Waals surface area contributed by atoms with Crippen molar-refractivity contribution in [2.45, 2.75) is 13.0 Å². The van der Waals surface area contributed by atoms with Gasteiger partial charge < -0.3 is 11.1 Å². The molecule has 0 bridgehead atoms. The molecule has 0 radical (unpaired) electrons. The van der Waals surface area contributed by atoms with E-state index < -0.39 is 4.92 Å². The van der Waals surface area contributed by atoms with E-state index in [0.717, 1.165) is 4.88 Å². The van der Waals surface area contributed by atoms with E-state index in [2.05, 4.69) is 5.32 Å². The molecule has 2 aromatic rings. The van der Waals surface area contributed by atoms with E-state index in [4.69, 9.17) is 17.3 Å². The van der Waals surface area contributed by atoms with Crippen molar-refractivity contribution in [3.05, 3.63) is 49.7 Å². The van der Waals surface area contributed by atoms with E-state index >= 15 is 0 Å². The van der Waals surface area contributed by atoms with E-state index in [1.54, 1.807) is 6.07 Å². The van der Waals surface area contributed by atoms with Crippen molar-refractivity contribution in [3.8, 4) is 0 Å². The predicted octanol–water partition coefficient (Wildman–Crippen LogP) is 4.07. The molecule has 0 amide bonds. The quantitative estimate of drug-likeness (QED) is 0.506. The van der Waals surface area contributed by atoms with Gasteiger partial charge in [0.2, 0.25) is 0 Å². The van der Waals surface area contributed by atoms with Crippen molar-refractivity contribution in [3.63, 3.8) is 0 Å². The molecule has 0 aliphatic carbocycles. The Morgan fingerprint density at radius 3 is 2.74 bits per heavy atom. The number of thiophene rings is 1. The van der Waals surface area contributed by atoms with Crippen LogP contribution in [0.4, 0.5) is 17.1 Å². The number of hydrogen-bond donors (Lipinski definition) is 2. The number of hydrogen-bond acceptors (Lipinski definition) is 5. The highest BCUT2D eigenvalue weighted by molar-refractivity contribution is 7.16. The molecule has 1 heterocycles. The van der Waals surface area contributed by atoms with Gasteiger partial charge in [0.15, 0.2) is 0 Å². The molecule has 0 fully saturated rings. The normalized spacial score (nSPS) is 12.1. The minimum atomic E-state index is -0.464. The molecule has 3 N–H and O–H groups in total. The number of nitrogens with zero attached hydrogens (tertiary/aromatic N) is 1. The lowest BCUT2D eigenvalue weighted by molar-refractivity contribution is -0.384. The van der Waals surface area contributed by atoms with Crippen LogP contribution in [0.3, 0.4) is 0 Å². The summed E-state index contributed by atoms with van der Waals surface area (Å²) in [5.74, 6) is 0. The van der Waals surface area contributed by atoms with E-state index in [1.807, 2.05) is 19.1 Å². The lowest BCUT2D eigenvalue weighted by atomic mass is 10.2. The van der Waals surface area contributed by atoms with Crippen molar-refractivity contribution < 1.29 is 4.92 Å². The van der Waals surface area contributed by atoms with E-state index in [9.17, 15) is 10.1 Å². The van der Waals surface area contributed by atoms with Crippen LogP contribution in [0.5, 0.6) is 0 Å². The summed E-state index contributed by atoms with van der Waals surface area (Å²) in [6.07, 6.45) is 0. The van der Waals surface area contributed by atoms with E-state index in [-0.39, 0.29) is 11.7 Å². The minimum absolute atomic E-state index is 0.00101. The fraction of sp³-hybridized carbons (Fsp3) is 0.167. The largest absolute Gasteiger partial charge is 0.398 e. The SMILES string of the molecule is CC(Nc1cc(N)cc([N+](=O)[O-])c1)c1ccc(Cl)s1. The maximum atomic E-state index is 10.8. The molecule has 1 atom stereocenters. The molecule has 0 spiro atoms. The van der Waals surface area contributed by atoms with Gasteiger partial charge in [0, 0.05) is 28.4 Å². The lowest BCUT2D eigenvalue weighted by Crippen LogP contribution is -2.05. The maximum Gasteiger partial charge on any atom is 0.273 e. The Kier molecular flexibility index (Phi) is 3.92. The predicted molar refractivity (Wildman–Crippen MR) is 78.9 cm³/mol. The van der Waals surface area contributed by atoms with Crippen LogP contribution in [0.25, 0.3) is 0 Å².